The van der Waals surface area contributed by atoms with Crippen molar-refractivity contribution >= 4 is 10.8 Å². The van der Waals surface area contributed by atoms with Crippen LogP contribution in [0.15, 0.2) is 48.6 Å². The number of rotatable bonds is 3. The van der Waals surface area contributed by atoms with Crippen molar-refractivity contribution in [2.24, 2.45) is 5.92 Å². The van der Waals surface area contributed by atoms with Gasteiger partial charge in [0.25, 0.3) is 0 Å². The molecule has 1 saturated carbocycles. The molecule has 3 aromatic rings. The third-order valence-electron chi connectivity index (χ3n) is 5.19. The summed E-state index contributed by atoms with van der Waals surface area (Å²) in [6.45, 7) is 4.16. The van der Waals surface area contributed by atoms with E-state index in [0.29, 0.717) is 0 Å². The van der Waals surface area contributed by atoms with Crippen LogP contribution in [-0.4, -0.2) is 4.98 Å². The van der Waals surface area contributed by atoms with Gasteiger partial charge in [0.2, 0.25) is 0 Å². The molecule has 2 aromatic carbocycles. The Hall–Kier alpha value is -2.15. The molecular weight excluding hydrogens is 290 g/mol. The average molecular weight is 317 g/mol. The van der Waals surface area contributed by atoms with Gasteiger partial charge in [0.05, 0.1) is 8.44 Å². The second kappa shape index (κ2) is 6.39. The van der Waals surface area contributed by atoms with Gasteiger partial charge < -0.3 is 0 Å². The van der Waals surface area contributed by atoms with E-state index >= 15 is 0 Å². The summed E-state index contributed by atoms with van der Waals surface area (Å²) in [6.07, 6.45) is 6.48. The molecule has 24 heavy (non-hydrogen) atoms. The highest BCUT2D eigenvalue weighted by molar-refractivity contribution is 5.95. The number of pyridine rings is 1. The van der Waals surface area contributed by atoms with Crippen LogP contribution < -0.4 is 0 Å². The van der Waals surface area contributed by atoms with E-state index in [1.54, 1.807) is 0 Å². The molecule has 0 amide bonds. The van der Waals surface area contributed by atoms with Gasteiger partial charge in [-0.1, -0.05) is 61.1 Å². The minimum Gasteiger partial charge on any atom is -0.256 e. The molecule has 0 unspecified atom stereocenters. The van der Waals surface area contributed by atoms with Crippen molar-refractivity contribution in [2.75, 3.05) is 0 Å². The van der Waals surface area contributed by atoms with Crippen molar-refractivity contribution in [1.29, 1.82) is 0 Å². The molecule has 1 aromatic heterocycles. The smallest absolute Gasteiger partial charge is 0.0840 e. The van der Waals surface area contributed by atoms with Gasteiger partial charge in [-0.05, 0) is 55.3 Å². The number of benzene rings is 2. The fourth-order valence-electron chi connectivity index (χ4n) is 4.11. The maximum absolute atomic E-state index is 8.36. The SMILES string of the molecule is [2H]c1nc(-c2cc(C)cc(C)c2)c2ccc(CC3CCCC3)cc2c1[2H]. The minimum atomic E-state index is 0.0599. The Morgan fingerprint density at radius 3 is 2.54 bits per heavy atom. The summed E-state index contributed by atoms with van der Waals surface area (Å²) in [5, 5.41) is 1.83. The van der Waals surface area contributed by atoms with E-state index in [0.717, 1.165) is 34.4 Å². The lowest BCUT2D eigenvalue weighted by Crippen LogP contribution is -1.98. The summed E-state index contributed by atoms with van der Waals surface area (Å²) < 4.78 is 16.6. The normalized spacial score (nSPS) is 16.4. The van der Waals surface area contributed by atoms with Crippen LogP contribution in [0.2, 0.25) is 0 Å². The number of nitrogens with zero attached hydrogens (tertiary/aromatic N) is 1. The monoisotopic (exact) mass is 317 g/mol. The fourth-order valence-corrected chi connectivity index (χ4v) is 4.11. The molecule has 1 heterocycles. The van der Waals surface area contributed by atoms with Crippen LogP contribution in [0, 0.1) is 19.8 Å². The molecule has 1 heteroatoms. The molecule has 0 aliphatic heterocycles. The van der Waals surface area contributed by atoms with Crippen molar-refractivity contribution in [3.63, 3.8) is 0 Å². The topological polar surface area (TPSA) is 12.9 Å². The Kier molecular flexibility index (Phi) is 3.51. The molecule has 0 spiro atoms. The number of aromatic nitrogens is 1. The minimum absolute atomic E-state index is 0.0599. The highest BCUT2D eigenvalue weighted by Crippen LogP contribution is 2.31. The predicted molar refractivity (Wildman–Crippen MR) is 102 cm³/mol. The Morgan fingerprint density at radius 1 is 1.04 bits per heavy atom. The van der Waals surface area contributed by atoms with E-state index in [2.05, 4.69) is 55.2 Å². The Morgan fingerprint density at radius 2 is 1.79 bits per heavy atom. The first-order chi connectivity index (χ1) is 12.5. The van der Waals surface area contributed by atoms with E-state index in [9.17, 15) is 0 Å². The molecule has 1 aliphatic rings. The largest absolute Gasteiger partial charge is 0.256 e. The molecular formula is C23H25N. The van der Waals surface area contributed by atoms with Crippen LogP contribution in [0.1, 0.15) is 45.1 Å². The van der Waals surface area contributed by atoms with Gasteiger partial charge in [-0.25, -0.2) is 0 Å². The van der Waals surface area contributed by atoms with Gasteiger partial charge in [0.1, 0.15) is 0 Å². The lowest BCUT2D eigenvalue weighted by molar-refractivity contribution is 0.547. The molecule has 0 saturated heterocycles. The van der Waals surface area contributed by atoms with E-state index in [-0.39, 0.29) is 12.2 Å². The Bertz CT molecular complexity index is 951. The maximum atomic E-state index is 8.36. The van der Waals surface area contributed by atoms with E-state index in [4.69, 9.17) is 2.74 Å². The van der Waals surface area contributed by atoms with Crippen LogP contribution >= 0.6 is 0 Å². The van der Waals surface area contributed by atoms with Gasteiger partial charge in [-0.3, -0.25) is 4.98 Å². The van der Waals surface area contributed by atoms with Crippen LogP contribution in [0.3, 0.4) is 0 Å². The summed E-state index contributed by atoms with van der Waals surface area (Å²) in [5.74, 6) is 0.776. The number of hydrogen-bond donors (Lipinski definition) is 0. The molecule has 0 radical (unpaired) electrons. The number of fused-ring (bicyclic) bond motifs is 1. The van der Waals surface area contributed by atoms with Crippen LogP contribution in [0.4, 0.5) is 0 Å². The van der Waals surface area contributed by atoms with Crippen molar-refractivity contribution < 1.29 is 2.74 Å². The van der Waals surface area contributed by atoms with Crippen molar-refractivity contribution in [3.8, 4) is 11.3 Å². The van der Waals surface area contributed by atoms with Gasteiger partial charge in [-0.2, -0.15) is 0 Å². The highest BCUT2D eigenvalue weighted by atomic mass is 14.7. The average Bonchev–Trinajstić information content (AvgIpc) is 3.10. The van der Waals surface area contributed by atoms with Gasteiger partial charge in [0, 0.05) is 17.1 Å². The first-order valence-electron chi connectivity index (χ1n) is 10.00. The van der Waals surface area contributed by atoms with Gasteiger partial charge in [0.15, 0.2) is 0 Å². The molecule has 0 atom stereocenters. The Labute approximate surface area is 147 Å². The van der Waals surface area contributed by atoms with Crippen LogP contribution in [0.25, 0.3) is 22.0 Å². The zero-order valence-electron chi connectivity index (χ0n) is 16.5. The van der Waals surface area contributed by atoms with Crippen LogP contribution in [-0.2, 0) is 6.42 Å². The quantitative estimate of drug-likeness (QED) is 0.556. The van der Waals surface area contributed by atoms with Crippen molar-refractivity contribution in [2.45, 2.75) is 46.0 Å². The molecule has 0 bridgehead atoms. The van der Waals surface area contributed by atoms with E-state index in [1.165, 1.54) is 42.4 Å². The second-order valence-corrected chi connectivity index (χ2v) is 7.31. The first-order valence-corrected chi connectivity index (χ1v) is 9.00. The van der Waals surface area contributed by atoms with Crippen molar-refractivity contribution in [3.05, 3.63) is 65.3 Å². The van der Waals surface area contributed by atoms with Crippen molar-refractivity contribution in [1.82, 2.24) is 4.98 Å². The maximum Gasteiger partial charge on any atom is 0.0840 e. The molecule has 1 fully saturated rings. The van der Waals surface area contributed by atoms with E-state index < -0.39 is 0 Å². The summed E-state index contributed by atoms with van der Waals surface area (Å²) in [7, 11) is 0. The first kappa shape index (κ1) is 13.2. The molecule has 0 N–H and O–H groups in total. The third-order valence-corrected chi connectivity index (χ3v) is 5.19. The van der Waals surface area contributed by atoms with E-state index in [1.807, 2.05) is 0 Å². The van der Waals surface area contributed by atoms with Crippen LogP contribution in [0.5, 0.6) is 0 Å². The summed E-state index contributed by atoms with van der Waals surface area (Å²) >= 11 is 0. The second-order valence-electron chi connectivity index (χ2n) is 7.31. The third kappa shape index (κ3) is 3.08. The molecule has 1 aliphatic carbocycles. The lowest BCUT2D eigenvalue weighted by Gasteiger charge is -2.12. The van der Waals surface area contributed by atoms with Gasteiger partial charge in [-0.15, -0.1) is 0 Å². The number of aryl methyl sites for hydroxylation is 2. The lowest BCUT2D eigenvalue weighted by atomic mass is 9.94. The summed E-state index contributed by atoms with van der Waals surface area (Å²) in [5.41, 5.74) is 5.52. The zero-order chi connectivity index (χ0) is 18.3. The predicted octanol–water partition coefficient (Wildman–Crippen LogP) is 6.25. The van der Waals surface area contributed by atoms with Gasteiger partial charge >= 0.3 is 0 Å². The summed E-state index contributed by atoms with van der Waals surface area (Å²) in [4.78, 5) is 4.47. The Balaban J connectivity index is 1.84. The number of hydrogen-bond acceptors (Lipinski definition) is 1. The standard InChI is InChI=1S/C23H25N/c1-16-11-17(2)13-21(12-16)23-22-8-7-19(14-18-5-3-4-6-18)15-20(22)9-10-24-23/h7-13,15,18H,3-6,14H2,1-2H3/i9D,10D. The molecule has 1 nitrogen and oxygen atoms in total. The molecule has 4 rings (SSSR count). The summed E-state index contributed by atoms with van der Waals surface area (Å²) in [6, 6.07) is 13.0. The highest BCUT2D eigenvalue weighted by Gasteiger charge is 2.16. The molecule has 122 valence electrons. The zero-order valence-corrected chi connectivity index (χ0v) is 14.5. The fraction of sp³-hybridized carbons (Fsp3) is 0.348.